The Kier molecular flexibility index (Phi) is 4.66. The summed E-state index contributed by atoms with van der Waals surface area (Å²) in [4.78, 5) is 28.5. The van der Waals surface area contributed by atoms with Crippen molar-refractivity contribution in [3.63, 3.8) is 0 Å². The highest BCUT2D eigenvalue weighted by atomic mass is 19.1. The Balaban J connectivity index is 1.79. The van der Waals surface area contributed by atoms with Crippen molar-refractivity contribution in [3.05, 3.63) is 99.7 Å². The monoisotopic (exact) mass is 431 g/mol. The molecule has 1 amide bonds. The molecule has 160 valence electrons. The maximum atomic E-state index is 13.9. The lowest BCUT2D eigenvalue weighted by atomic mass is 9.98. The molecule has 1 aliphatic rings. The van der Waals surface area contributed by atoms with E-state index in [0.717, 1.165) is 6.07 Å². The molecule has 32 heavy (non-hydrogen) atoms. The van der Waals surface area contributed by atoms with Gasteiger partial charge in [0.2, 0.25) is 5.76 Å². The first kappa shape index (κ1) is 19.8. The number of halogens is 1. The third-order valence-corrected chi connectivity index (χ3v) is 5.60. The zero-order valence-electron chi connectivity index (χ0n) is 17.3. The molecule has 0 saturated heterocycles. The molecule has 3 aromatic carbocycles. The predicted octanol–water partition coefficient (Wildman–Crippen LogP) is 4.70. The molecule has 1 unspecified atom stereocenters. The molecule has 0 N–H and O–H groups in total. The first-order chi connectivity index (χ1) is 15.5. The van der Waals surface area contributed by atoms with E-state index < -0.39 is 23.2 Å². The quantitative estimate of drug-likeness (QED) is 0.469. The van der Waals surface area contributed by atoms with Gasteiger partial charge < -0.3 is 13.9 Å². The minimum atomic E-state index is -0.764. The van der Waals surface area contributed by atoms with E-state index in [2.05, 4.69) is 0 Å². The number of carbonyl (C=O) groups excluding carboxylic acids is 1. The summed E-state index contributed by atoms with van der Waals surface area (Å²) < 4.78 is 30.3. The van der Waals surface area contributed by atoms with Crippen LogP contribution in [0.1, 0.15) is 27.7 Å². The highest BCUT2D eigenvalue weighted by molar-refractivity contribution is 6.10. The van der Waals surface area contributed by atoms with E-state index in [-0.39, 0.29) is 22.3 Å². The summed E-state index contributed by atoms with van der Waals surface area (Å²) in [5.74, 6) is 0.125. The van der Waals surface area contributed by atoms with Gasteiger partial charge in [0, 0.05) is 11.8 Å². The maximum Gasteiger partial charge on any atom is 0.295 e. The summed E-state index contributed by atoms with van der Waals surface area (Å²) in [6, 6.07) is 17.0. The van der Waals surface area contributed by atoms with E-state index in [1.54, 1.807) is 55.6 Å². The number of amides is 1. The standard InChI is InChI=1S/C25H18FNO5/c1-30-17-9-6-14(7-10-17)22-21-23(28)19-12-15(26)8-11-20(19)32-24(21)25(29)27(22)16-4-3-5-18(13-16)31-2/h3-13,22H,1-2H3. The summed E-state index contributed by atoms with van der Waals surface area (Å²) in [6.45, 7) is 0. The first-order valence-corrected chi connectivity index (χ1v) is 9.89. The average Bonchev–Trinajstić information content (AvgIpc) is 3.12. The number of fused-ring (bicyclic) bond motifs is 2. The molecule has 5 rings (SSSR count). The van der Waals surface area contributed by atoms with Crippen LogP contribution >= 0.6 is 0 Å². The van der Waals surface area contributed by atoms with Crippen molar-refractivity contribution < 1.29 is 23.1 Å². The molecule has 4 aromatic rings. The molecule has 0 fully saturated rings. The summed E-state index contributed by atoms with van der Waals surface area (Å²) >= 11 is 0. The smallest absolute Gasteiger partial charge is 0.295 e. The van der Waals surface area contributed by atoms with Gasteiger partial charge in [0.15, 0.2) is 5.43 Å². The van der Waals surface area contributed by atoms with Crippen molar-refractivity contribution in [1.82, 2.24) is 0 Å². The highest BCUT2D eigenvalue weighted by Gasteiger charge is 2.43. The zero-order valence-corrected chi connectivity index (χ0v) is 17.3. The van der Waals surface area contributed by atoms with Crippen LogP contribution in [-0.2, 0) is 0 Å². The molecule has 1 aromatic heterocycles. The van der Waals surface area contributed by atoms with E-state index in [1.165, 1.54) is 24.1 Å². The lowest BCUT2D eigenvalue weighted by molar-refractivity contribution is 0.0971. The van der Waals surface area contributed by atoms with Gasteiger partial charge in [-0.3, -0.25) is 14.5 Å². The number of ether oxygens (including phenoxy) is 2. The number of methoxy groups -OCH3 is 2. The van der Waals surface area contributed by atoms with Crippen LogP contribution in [-0.4, -0.2) is 20.1 Å². The molecular weight excluding hydrogens is 413 g/mol. The fourth-order valence-corrected chi connectivity index (χ4v) is 4.07. The molecule has 0 spiro atoms. The SMILES string of the molecule is COc1ccc(C2c3c(oc4ccc(F)cc4c3=O)C(=O)N2c2cccc(OC)c2)cc1. The van der Waals surface area contributed by atoms with Gasteiger partial charge in [-0.2, -0.15) is 0 Å². The third-order valence-electron chi connectivity index (χ3n) is 5.60. The summed E-state index contributed by atoms with van der Waals surface area (Å²) in [5.41, 5.74) is 1.10. The Morgan fingerprint density at radius 1 is 0.906 bits per heavy atom. The van der Waals surface area contributed by atoms with Gasteiger partial charge in [-0.15, -0.1) is 0 Å². The molecule has 1 aliphatic heterocycles. The molecule has 0 radical (unpaired) electrons. The number of hydrogen-bond acceptors (Lipinski definition) is 5. The number of carbonyl (C=O) groups is 1. The minimum absolute atomic E-state index is 0.0576. The molecule has 7 heteroatoms. The first-order valence-electron chi connectivity index (χ1n) is 9.89. The van der Waals surface area contributed by atoms with E-state index in [9.17, 15) is 14.0 Å². The molecule has 0 aliphatic carbocycles. The largest absolute Gasteiger partial charge is 0.497 e. The Morgan fingerprint density at radius 2 is 1.66 bits per heavy atom. The highest BCUT2D eigenvalue weighted by Crippen LogP contribution is 2.42. The zero-order chi connectivity index (χ0) is 22.4. The van der Waals surface area contributed by atoms with Crippen molar-refractivity contribution in [2.45, 2.75) is 6.04 Å². The number of hydrogen-bond donors (Lipinski definition) is 0. The predicted molar refractivity (Wildman–Crippen MR) is 117 cm³/mol. The minimum Gasteiger partial charge on any atom is -0.497 e. The summed E-state index contributed by atoms with van der Waals surface area (Å²) in [6.07, 6.45) is 0. The van der Waals surface area contributed by atoms with E-state index in [4.69, 9.17) is 13.9 Å². The van der Waals surface area contributed by atoms with E-state index in [0.29, 0.717) is 22.7 Å². The second kappa shape index (κ2) is 7.53. The normalized spacial score (nSPS) is 15.2. The van der Waals surface area contributed by atoms with Crippen LogP contribution < -0.4 is 19.8 Å². The van der Waals surface area contributed by atoms with Crippen molar-refractivity contribution in [2.24, 2.45) is 0 Å². The van der Waals surface area contributed by atoms with E-state index >= 15 is 0 Å². The molecule has 1 atom stereocenters. The fourth-order valence-electron chi connectivity index (χ4n) is 4.07. The molecule has 0 saturated carbocycles. The molecular formula is C25H18FNO5. The second-order valence-corrected chi connectivity index (χ2v) is 7.37. The Bertz CT molecular complexity index is 1410. The summed E-state index contributed by atoms with van der Waals surface area (Å²) in [5, 5.41) is 0.0857. The molecule has 6 nitrogen and oxygen atoms in total. The van der Waals surface area contributed by atoms with Gasteiger partial charge in [0.05, 0.1) is 31.2 Å². The third kappa shape index (κ3) is 3.01. The maximum absolute atomic E-state index is 13.9. The van der Waals surface area contributed by atoms with Crippen LogP contribution in [0.5, 0.6) is 11.5 Å². The number of benzene rings is 3. The van der Waals surface area contributed by atoms with Crippen LogP contribution in [0.4, 0.5) is 10.1 Å². The van der Waals surface area contributed by atoms with Crippen LogP contribution in [0, 0.1) is 5.82 Å². The number of nitrogens with zero attached hydrogens (tertiary/aromatic N) is 1. The molecule has 0 bridgehead atoms. The van der Waals surface area contributed by atoms with Gasteiger partial charge in [-0.1, -0.05) is 18.2 Å². The second-order valence-electron chi connectivity index (χ2n) is 7.37. The summed E-state index contributed by atoms with van der Waals surface area (Å²) in [7, 11) is 3.09. The Labute approximate surface area is 182 Å². The van der Waals surface area contributed by atoms with Crippen LogP contribution in [0.3, 0.4) is 0 Å². The van der Waals surface area contributed by atoms with Crippen LogP contribution in [0.15, 0.2) is 75.9 Å². The molecule has 2 heterocycles. The van der Waals surface area contributed by atoms with Gasteiger partial charge in [-0.25, -0.2) is 4.39 Å². The van der Waals surface area contributed by atoms with Crippen LogP contribution in [0.25, 0.3) is 11.0 Å². The Morgan fingerprint density at radius 3 is 2.38 bits per heavy atom. The van der Waals surface area contributed by atoms with Crippen molar-refractivity contribution in [2.75, 3.05) is 19.1 Å². The van der Waals surface area contributed by atoms with Crippen molar-refractivity contribution >= 4 is 22.6 Å². The Hall–Kier alpha value is -4.13. The van der Waals surface area contributed by atoms with Gasteiger partial charge in [0.25, 0.3) is 5.91 Å². The van der Waals surface area contributed by atoms with Crippen LogP contribution in [0.2, 0.25) is 0 Å². The van der Waals surface area contributed by atoms with Crippen molar-refractivity contribution in [1.29, 1.82) is 0 Å². The van der Waals surface area contributed by atoms with Gasteiger partial charge in [-0.05, 0) is 48.0 Å². The lowest BCUT2D eigenvalue weighted by Gasteiger charge is -2.25. The number of anilines is 1. The topological polar surface area (TPSA) is 69.0 Å². The lowest BCUT2D eigenvalue weighted by Crippen LogP contribution is -2.29. The van der Waals surface area contributed by atoms with Gasteiger partial charge >= 0.3 is 0 Å². The number of rotatable bonds is 4. The fraction of sp³-hybridized carbons (Fsp3) is 0.120. The average molecular weight is 431 g/mol. The van der Waals surface area contributed by atoms with E-state index in [1.807, 2.05) is 0 Å². The van der Waals surface area contributed by atoms with Gasteiger partial charge in [0.1, 0.15) is 22.9 Å². The van der Waals surface area contributed by atoms with Crippen molar-refractivity contribution in [3.8, 4) is 11.5 Å².